The molecule has 2 aromatic rings. The van der Waals surface area contributed by atoms with E-state index in [4.69, 9.17) is 4.74 Å². The first-order valence-electron chi connectivity index (χ1n) is 8.57. The number of urea groups is 1. The number of ether oxygens (including phenoxy) is 1. The third kappa shape index (κ3) is 5.22. The van der Waals surface area contributed by atoms with E-state index in [9.17, 15) is 9.90 Å². The van der Waals surface area contributed by atoms with E-state index in [1.54, 1.807) is 0 Å². The van der Waals surface area contributed by atoms with Gasteiger partial charge in [0, 0.05) is 18.5 Å². The molecule has 0 spiro atoms. The zero-order valence-corrected chi connectivity index (χ0v) is 14.2. The Labute approximate surface area is 148 Å². The molecule has 1 aliphatic rings. The lowest BCUT2D eigenvalue weighted by Crippen LogP contribution is -2.39. The van der Waals surface area contributed by atoms with Gasteiger partial charge in [-0.3, -0.25) is 0 Å². The lowest BCUT2D eigenvalue weighted by atomic mass is 10.1. The van der Waals surface area contributed by atoms with Gasteiger partial charge in [0.2, 0.25) is 0 Å². The third-order valence-electron chi connectivity index (χ3n) is 4.54. The number of carbonyl (C=O) groups is 1. The molecule has 3 rings (SSSR count). The highest BCUT2D eigenvalue weighted by molar-refractivity contribution is 5.73. The summed E-state index contributed by atoms with van der Waals surface area (Å²) in [5.74, 6) is 0.802. The standard InChI is InChI=1S/C20H24N2O3/c23-15-20(10-11-20)14-22-19(24)21-12-16-6-8-18(9-7-16)25-13-17-4-2-1-3-5-17/h1-9,23H,10-15H2,(H2,21,22,24). The molecule has 2 amide bonds. The molecule has 1 aliphatic carbocycles. The second-order valence-corrected chi connectivity index (χ2v) is 6.61. The summed E-state index contributed by atoms with van der Waals surface area (Å²) in [6.07, 6.45) is 1.96. The third-order valence-corrected chi connectivity index (χ3v) is 4.54. The summed E-state index contributed by atoms with van der Waals surface area (Å²) in [6, 6.07) is 17.5. The van der Waals surface area contributed by atoms with Crippen LogP contribution < -0.4 is 15.4 Å². The van der Waals surface area contributed by atoms with Gasteiger partial charge in [0.05, 0.1) is 6.61 Å². The Balaban J connectivity index is 1.39. The fraction of sp³-hybridized carbons (Fsp3) is 0.350. The summed E-state index contributed by atoms with van der Waals surface area (Å²) in [5.41, 5.74) is 2.06. The number of aliphatic hydroxyl groups is 1. The molecule has 0 radical (unpaired) electrons. The van der Waals surface area contributed by atoms with Crippen LogP contribution in [0.5, 0.6) is 5.75 Å². The van der Waals surface area contributed by atoms with Gasteiger partial charge in [-0.1, -0.05) is 42.5 Å². The van der Waals surface area contributed by atoms with E-state index in [1.165, 1.54) is 0 Å². The van der Waals surface area contributed by atoms with E-state index >= 15 is 0 Å². The topological polar surface area (TPSA) is 70.6 Å². The summed E-state index contributed by atoms with van der Waals surface area (Å²) < 4.78 is 5.74. The number of carbonyl (C=O) groups excluding carboxylic acids is 1. The highest BCUT2D eigenvalue weighted by Gasteiger charge is 2.42. The van der Waals surface area contributed by atoms with Crippen LogP contribution in [0.1, 0.15) is 24.0 Å². The predicted octanol–water partition coefficient (Wildman–Crippen LogP) is 2.84. The highest BCUT2D eigenvalue weighted by atomic mass is 16.5. The zero-order chi connectivity index (χ0) is 17.5. The van der Waals surface area contributed by atoms with E-state index < -0.39 is 0 Å². The number of rotatable bonds is 8. The number of aliphatic hydroxyl groups excluding tert-OH is 1. The van der Waals surface area contributed by atoms with Gasteiger partial charge in [-0.05, 0) is 36.1 Å². The summed E-state index contributed by atoms with van der Waals surface area (Å²) in [7, 11) is 0. The van der Waals surface area contributed by atoms with Crippen molar-refractivity contribution in [2.75, 3.05) is 13.2 Å². The summed E-state index contributed by atoms with van der Waals surface area (Å²) in [5, 5.41) is 14.9. The largest absolute Gasteiger partial charge is 0.489 e. The highest BCUT2D eigenvalue weighted by Crippen LogP contribution is 2.44. The molecule has 0 bridgehead atoms. The van der Waals surface area contributed by atoms with Crippen molar-refractivity contribution in [3.63, 3.8) is 0 Å². The Morgan fingerprint density at radius 3 is 2.36 bits per heavy atom. The van der Waals surface area contributed by atoms with Gasteiger partial charge in [-0.25, -0.2) is 4.79 Å². The van der Waals surface area contributed by atoms with Gasteiger partial charge in [0.25, 0.3) is 0 Å². The zero-order valence-electron chi connectivity index (χ0n) is 14.2. The smallest absolute Gasteiger partial charge is 0.315 e. The van der Waals surface area contributed by atoms with Gasteiger partial charge in [0.15, 0.2) is 0 Å². The fourth-order valence-electron chi connectivity index (χ4n) is 2.52. The molecule has 0 heterocycles. The molecule has 1 fully saturated rings. The molecular weight excluding hydrogens is 316 g/mol. The molecule has 132 valence electrons. The molecule has 0 atom stereocenters. The lowest BCUT2D eigenvalue weighted by Gasteiger charge is -2.13. The van der Waals surface area contributed by atoms with Crippen molar-refractivity contribution in [3.8, 4) is 5.75 Å². The quantitative estimate of drug-likeness (QED) is 0.692. The van der Waals surface area contributed by atoms with Crippen molar-refractivity contribution in [1.29, 1.82) is 0 Å². The maximum Gasteiger partial charge on any atom is 0.315 e. The molecule has 2 aromatic carbocycles. The lowest BCUT2D eigenvalue weighted by molar-refractivity contribution is 0.203. The molecule has 0 saturated heterocycles. The van der Waals surface area contributed by atoms with Crippen LogP contribution in [0.3, 0.4) is 0 Å². The number of hydrogen-bond donors (Lipinski definition) is 3. The van der Waals surface area contributed by atoms with Gasteiger partial charge < -0.3 is 20.5 Å². The normalized spacial score (nSPS) is 14.6. The van der Waals surface area contributed by atoms with Crippen LogP contribution >= 0.6 is 0 Å². The maximum absolute atomic E-state index is 11.8. The van der Waals surface area contributed by atoms with Crippen LogP contribution in [0.15, 0.2) is 54.6 Å². The van der Waals surface area contributed by atoms with Crippen molar-refractivity contribution < 1.29 is 14.6 Å². The van der Waals surface area contributed by atoms with E-state index in [2.05, 4.69) is 10.6 Å². The number of hydrogen-bond acceptors (Lipinski definition) is 3. The van der Waals surface area contributed by atoms with Crippen LogP contribution in [-0.2, 0) is 13.2 Å². The average molecular weight is 340 g/mol. The molecule has 0 unspecified atom stereocenters. The van der Waals surface area contributed by atoms with Crippen LogP contribution in [-0.4, -0.2) is 24.3 Å². The van der Waals surface area contributed by atoms with Crippen molar-refractivity contribution in [1.82, 2.24) is 10.6 Å². The van der Waals surface area contributed by atoms with E-state index in [0.29, 0.717) is 19.7 Å². The minimum Gasteiger partial charge on any atom is -0.489 e. The van der Waals surface area contributed by atoms with E-state index in [1.807, 2.05) is 54.6 Å². The Morgan fingerprint density at radius 1 is 1.00 bits per heavy atom. The van der Waals surface area contributed by atoms with Gasteiger partial charge in [-0.2, -0.15) is 0 Å². The first-order chi connectivity index (χ1) is 12.2. The summed E-state index contributed by atoms with van der Waals surface area (Å²) >= 11 is 0. The summed E-state index contributed by atoms with van der Waals surface area (Å²) in [6.45, 7) is 1.66. The minimum absolute atomic E-state index is 0.0743. The van der Waals surface area contributed by atoms with E-state index in [-0.39, 0.29) is 18.1 Å². The maximum atomic E-state index is 11.8. The second-order valence-electron chi connectivity index (χ2n) is 6.61. The van der Waals surface area contributed by atoms with Gasteiger partial charge in [-0.15, -0.1) is 0 Å². The van der Waals surface area contributed by atoms with Gasteiger partial charge in [0.1, 0.15) is 12.4 Å². The second kappa shape index (κ2) is 8.03. The monoisotopic (exact) mass is 340 g/mol. The minimum atomic E-state index is -0.205. The van der Waals surface area contributed by atoms with Crippen LogP contribution in [0.25, 0.3) is 0 Å². The van der Waals surface area contributed by atoms with Crippen molar-refractivity contribution in [2.24, 2.45) is 5.41 Å². The number of nitrogens with one attached hydrogen (secondary N) is 2. The Bertz CT molecular complexity index is 682. The van der Waals surface area contributed by atoms with Gasteiger partial charge >= 0.3 is 6.03 Å². The molecule has 1 saturated carbocycles. The first-order valence-corrected chi connectivity index (χ1v) is 8.57. The first kappa shape index (κ1) is 17.3. The molecule has 3 N–H and O–H groups in total. The fourth-order valence-corrected chi connectivity index (χ4v) is 2.52. The average Bonchev–Trinajstić information content (AvgIpc) is 3.45. The van der Waals surface area contributed by atoms with E-state index in [0.717, 1.165) is 29.7 Å². The SMILES string of the molecule is O=C(NCc1ccc(OCc2ccccc2)cc1)NCC1(CO)CC1. The Kier molecular flexibility index (Phi) is 5.56. The molecular formula is C20H24N2O3. The Hall–Kier alpha value is -2.53. The molecule has 0 aliphatic heterocycles. The van der Waals surface area contributed by atoms with Crippen molar-refractivity contribution in [2.45, 2.75) is 26.0 Å². The predicted molar refractivity (Wildman–Crippen MR) is 96.2 cm³/mol. The molecule has 25 heavy (non-hydrogen) atoms. The van der Waals surface area contributed by atoms with Crippen molar-refractivity contribution in [3.05, 3.63) is 65.7 Å². The molecule has 5 nitrogen and oxygen atoms in total. The Morgan fingerprint density at radius 2 is 1.72 bits per heavy atom. The van der Waals surface area contributed by atoms with Crippen molar-refractivity contribution >= 4 is 6.03 Å². The molecule has 5 heteroatoms. The molecule has 0 aromatic heterocycles. The number of benzene rings is 2. The van der Waals surface area contributed by atoms with Crippen LogP contribution in [0.2, 0.25) is 0 Å². The van der Waals surface area contributed by atoms with Crippen LogP contribution in [0.4, 0.5) is 4.79 Å². The summed E-state index contributed by atoms with van der Waals surface area (Å²) in [4.78, 5) is 11.8. The number of amides is 2. The van der Waals surface area contributed by atoms with Crippen LogP contribution in [0, 0.1) is 5.41 Å².